The summed E-state index contributed by atoms with van der Waals surface area (Å²) in [5.41, 5.74) is 8.83. The highest BCUT2D eigenvalue weighted by atomic mass is 19.1. The summed E-state index contributed by atoms with van der Waals surface area (Å²) in [6.45, 7) is 1.84. The largest absolute Gasteiger partial charge is 0.399 e. The van der Waals surface area contributed by atoms with E-state index in [1.165, 1.54) is 12.1 Å². The third-order valence-electron chi connectivity index (χ3n) is 4.40. The van der Waals surface area contributed by atoms with Crippen LogP contribution in [0, 0.1) is 12.7 Å². The summed E-state index contributed by atoms with van der Waals surface area (Å²) < 4.78 is 13.1. The molecule has 2 nitrogen and oxygen atoms in total. The number of aryl methyl sites for hydroxylation is 1. The highest BCUT2D eigenvalue weighted by Gasteiger charge is 2.50. The number of nitrogen functional groups attached to an aromatic ring is 1. The van der Waals surface area contributed by atoms with Gasteiger partial charge in [0, 0.05) is 12.1 Å². The summed E-state index contributed by atoms with van der Waals surface area (Å²) in [7, 11) is 0. The van der Waals surface area contributed by atoms with Crippen LogP contribution in [0.4, 0.5) is 10.1 Å². The summed E-state index contributed by atoms with van der Waals surface area (Å²) in [5.74, 6) is -0.0506. The monoisotopic (exact) mass is 283 g/mol. The van der Waals surface area contributed by atoms with Crippen molar-refractivity contribution in [2.45, 2.75) is 31.6 Å². The zero-order chi connectivity index (χ0) is 15.0. The lowest BCUT2D eigenvalue weighted by molar-refractivity contribution is -0.120. The van der Waals surface area contributed by atoms with Crippen LogP contribution in [0.15, 0.2) is 42.5 Å². The summed E-state index contributed by atoms with van der Waals surface area (Å²) in [5, 5.41) is 0. The van der Waals surface area contributed by atoms with Gasteiger partial charge in [0.25, 0.3) is 0 Å². The van der Waals surface area contributed by atoms with Crippen molar-refractivity contribution in [2.24, 2.45) is 0 Å². The zero-order valence-corrected chi connectivity index (χ0v) is 12.0. The van der Waals surface area contributed by atoms with Crippen molar-refractivity contribution in [3.8, 4) is 0 Å². The lowest BCUT2D eigenvalue weighted by Crippen LogP contribution is -2.22. The molecule has 3 rings (SSSR count). The number of benzene rings is 2. The van der Waals surface area contributed by atoms with E-state index in [-0.39, 0.29) is 17.0 Å². The Morgan fingerprint density at radius 2 is 1.86 bits per heavy atom. The predicted octanol–water partition coefficient (Wildman–Crippen LogP) is 3.56. The second-order valence-electron chi connectivity index (χ2n) is 5.87. The first kappa shape index (κ1) is 13.8. The molecule has 1 aliphatic carbocycles. The van der Waals surface area contributed by atoms with Crippen molar-refractivity contribution in [1.29, 1.82) is 0 Å². The van der Waals surface area contributed by atoms with E-state index < -0.39 is 0 Å². The van der Waals surface area contributed by atoms with E-state index in [0.29, 0.717) is 12.1 Å². The summed E-state index contributed by atoms with van der Waals surface area (Å²) in [4.78, 5) is 12.7. The van der Waals surface area contributed by atoms with Gasteiger partial charge in [0.15, 0.2) is 0 Å². The molecule has 0 bridgehead atoms. The molecule has 2 aromatic rings. The fourth-order valence-electron chi connectivity index (χ4n) is 2.86. The minimum atomic E-state index is -0.353. The average Bonchev–Trinajstić information content (AvgIpc) is 3.24. The van der Waals surface area contributed by atoms with E-state index in [2.05, 4.69) is 0 Å². The first-order valence-electron chi connectivity index (χ1n) is 7.16. The molecule has 2 aromatic carbocycles. The van der Waals surface area contributed by atoms with E-state index in [0.717, 1.165) is 29.5 Å². The number of Topliss-reactive ketones (excluding diaryl/α,β-unsaturated/α-hetero) is 1. The van der Waals surface area contributed by atoms with Crippen LogP contribution in [0.2, 0.25) is 0 Å². The quantitative estimate of drug-likeness (QED) is 0.872. The van der Waals surface area contributed by atoms with Crippen LogP contribution in [-0.4, -0.2) is 5.78 Å². The average molecular weight is 283 g/mol. The molecule has 0 aliphatic heterocycles. The van der Waals surface area contributed by atoms with Gasteiger partial charge in [0.05, 0.1) is 5.41 Å². The number of hydrogen-bond acceptors (Lipinski definition) is 2. The molecule has 1 aliphatic rings. The molecule has 0 spiro atoms. The van der Waals surface area contributed by atoms with Crippen molar-refractivity contribution < 1.29 is 9.18 Å². The van der Waals surface area contributed by atoms with Gasteiger partial charge in [-0.25, -0.2) is 4.39 Å². The Balaban J connectivity index is 1.83. The molecule has 0 heterocycles. The lowest BCUT2D eigenvalue weighted by Gasteiger charge is -2.15. The van der Waals surface area contributed by atoms with Gasteiger partial charge in [-0.05, 0) is 60.7 Å². The van der Waals surface area contributed by atoms with Gasteiger partial charge < -0.3 is 5.73 Å². The number of halogens is 1. The molecule has 1 fully saturated rings. The van der Waals surface area contributed by atoms with Crippen molar-refractivity contribution in [3.63, 3.8) is 0 Å². The molecule has 2 N–H and O–H groups in total. The summed E-state index contributed by atoms with van der Waals surface area (Å²) in [6.07, 6.45) is 2.13. The van der Waals surface area contributed by atoms with Crippen molar-refractivity contribution in [1.82, 2.24) is 0 Å². The number of rotatable bonds is 4. The first-order valence-corrected chi connectivity index (χ1v) is 7.16. The summed E-state index contributed by atoms with van der Waals surface area (Å²) >= 11 is 0. The van der Waals surface area contributed by atoms with Gasteiger partial charge in [-0.2, -0.15) is 0 Å². The molecule has 1 saturated carbocycles. The molecular formula is C18H18FNO. The van der Waals surface area contributed by atoms with E-state index in [9.17, 15) is 9.18 Å². The Kier molecular flexibility index (Phi) is 3.28. The Labute approximate surface area is 123 Å². The normalized spacial score (nSPS) is 15.7. The molecule has 0 radical (unpaired) electrons. The molecule has 0 aromatic heterocycles. The van der Waals surface area contributed by atoms with Gasteiger partial charge in [-0.15, -0.1) is 0 Å². The van der Waals surface area contributed by atoms with Crippen LogP contribution in [0.25, 0.3) is 0 Å². The second-order valence-corrected chi connectivity index (χ2v) is 5.87. The Bertz CT molecular complexity index is 687. The van der Waals surface area contributed by atoms with Crippen molar-refractivity contribution in [3.05, 3.63) is 65.0 Å². The predicted molar refractivity (Wildman–Crippen MR) is 81.6 cm³/mol. The number of carbonyl (C=O) groups is 1. The van der Waals surface area contributed by atoms with Crippen molar-refractivity contribution in [2.75, 3.05) is 5.73 Å². The van der Waals surface area contributed by atoms with Gasteiger partial charge >= 0.3 is 0 Å². The zero-order valence-electron chi connectivity index (χ0n) is 12.0. The Morgan fingerprint density at radius 3 is 2.43 bits per heavy atom. The number of carbonyl (C=O) groups excluding carboxylic acids is 1. The van der Waals surface area contributed by atoms with E-state index >= 15 is 0 Å². The molecule has 108 valence electrons. The van der Waals surface area contributed by atoms with Crippen LogP contribution >= 0.6 is 0 Å². The van der Waals surface area contributed by atoms with E-state index in [1.807, 2.05) is 31.2 Å². The smallest absolute Gasteiger partial charge is 0.147 e. The van der Waals surface area contributed by atoms with Crippen LogP contribution < -0.4 is 5.73 Å². The van der Waals surface area contributed by atoms with Gasteiger partial charge in [-0.1, -0.05) is 18.2 Å². The molecule has 3 heteroatoms. The maximum absolute atomic E-state index is 13.1. The molecule has 21 heavy (non-hydrogen) atoms. The molecule has 0 saturated heterocycles. The van der Waals surface area contributed by atoms with Crippen LogP contribution in [-0.2, 0) is 16.6 Å². The number of ketones is 1. The maximum atomic E-state index is 13.1. The Morgan fingerprint density at radius 1 is 1.19 bits per heavy atom. The number of nitrogens with two attached hydrogens (primary N) is 1. The highest BCUT2D eigenvalue weighted by molar-refractivity contribution is 5.94. The van der Waals surface area contributed by atoms with E-state index in [4.69, 9.17) is 5.73 Å². The van der Waals surface area contributed by atoms with Crippen LogP contribution in [0.3, 0.4) is 0 Å². The second kappa shape index (κ2) is 4.99. The van der Waals surface area contributed by atoms with Crippen LogP contribution in [0.5, 0.6) is 0 Å². The fourth-order valence-corrected chi connectivity index (χ4v) is 2.86. The topological polar surface area (TPSA) is 43.1 Å². The first-order chi connectivity index (χ1) is 10.0. The van der Waals surface area contributed by atoms with Crippen LogP contribution in [0.1, 0.15) is 29.5 Å². The van der Waals surface area contributed by atoms with Gasteiger partial charge in [0.2, 0.25) is 0 Å². The minimum absolute atomic E-state index is 0.210. The van der Waals surface area contributed by atoms with Crippen molar-refractivity contribution >= 4 is 11.5 Å². The Hall–Kier alpha value is -2.16. The highest BCUT2D eigenvalue weighted by Crippen LogP contribution is 2.49. The minimum Gasteiger partial charge on any atom is -0.399 e. The molecular weight excluding hydrogens is 265 g/mol. The number of anilines is 1. The third kappa shape index (κ3) is 2.56. The third-order valence-corrected chi connectivity index (χ3v) is 4.40. The van der Waals surface area contributed by atoms with E-state index in [1.54, 1.807) is 6.07 Å². The van der Waals surface area contributed by atoms with Gasteiger partial charge in [-0.3, -0.25) is 4.79 Å². The lowest BCUT2D eigenvalue weighted by atomic mass is 9.87. The fraction of sp³-hybridized carbons (Fsp3) is 0.278. The molecule has 0 amide bonds. The molecule has 0 atom stereocenters. The standard InChI is InChI=1S/C18H18FNO/c1-12-10-15(19)5-2-13(12)11-17(21)18(8-9-18)14-3-6-16(20)7-4-14/h2-7,10H,8-9,11,20H2,1H3. The number of hydrogen-bond donors (Lipinski definition) is 1. The SMILES string of the molecule is Cc1cc(F)ccc1CC(=O)C1(c2ccc(N)cc2)CC1. The maximum Gasteiger partial charge on any atom is 0.147 e. The van der Waals surface area contributed by atoms with Gasteiger partial charge in [0.1, 0.15) is 11.6 Å². The molecule has 0 unspecified atom stereocenters. The summed E-state index contributed by atoms with van der Waals surface area (Å²) in [6, 6.07) is 12.2.